The van der Waals surface area contributed by atoms with Crippen molar-refractivity contribution < 1.29 is 9.47 Å². The Labute approximate surface area is 123 Å². The fourth-order valence-electron chi connectivity index (χ4n) is 4.57. The van der Waals surface area contributed by atoms with Gasteiger partial charge in [-0.15, -0.1) is 0 Å². The van der Waals surface area contributed by atoms with Crippen molar-refractivity contribution in [2.24, 2.45) is 0 Å². The molecule has 2 atom stereocenters. The predicted octanol–water partition coefficient (Wildman–Crippen LogP) is 2.13. The van der Waals surface area contributed by atoms with Crippen molar-refractivity contribution in [1.29, 1.82) is 0 Å². The highest BCUT2D eigenvalue weighted by Crippen LogP contribution is 2.39. The third kappa shape index (κ3) is 2.76. The molecular weight excluding hydrogens is 252 g/mol. The van der Waals surface area contributed by atoms with E-state index in [1.165, 1.54) is 25.7 Å². The number of hydrogen-bond donors (Lipinski definition) is 1. The number of nitrogens with one attached hydrogen (secondary N) is 1. The summed E-state index contributed by atoms with van der Waals surface area (Å²) in [6.07, 6.45) is 8.77. The molecule has 2 saturated carbocycles. The minimum absolute atomic E-state index is 0.274. The molecule has 1 N–H and O–H groups in total. The smallest absolute Gasteiger partial charge is 0.170 e. The molecule has 3 fully saturated rings. The molecule has 2 unspecified atom stereocenters. The Kier molecular flexibility index (Phi) is 4.65. The molecule has 3 rings (SSSR count). The van der Waals surface area contributed by atoms with Crippen LogP contribution in [-0.4, -0.2) is 55.6 Å². The van der Waals surface area contributed by atoms with E-state index in [4.69, 9.17) is 9.47 Å². The third-order valence-electron chi connectivity index (χ3n) is 5.59. The summed E-state index contributed by atoms with van der Waals surface area (Å²) >= 11 is 0. The SMILES string of the molecule is CCN(C1CCCC1)C1CC2(CCC1NC)OCCO2. The zero-order chi connectivity index (χ0) is 14.0. The molecule has 0 radical (unpaired) electrons. The Morgan fingerprint density at radius 3 is 2.45 bits per heavy atom. The number of likely N-dealkylation sites (N-methyl/N-ethyl adjacent to an activating group) is 2. The van der Waals surface area contributed by atoms with E-state index in [0.29, 0.717) is 12.1 Å². The van der Waals surface area contributed by atoms with Gasteiger partial charge in [0.1, 0.15) is 0 Å². The maximum Gasteiger partial charge on any atom is 0.170 e. The van der Waals surface area contributed by atoms with E-state index in [2.05, 4.69) is 24.2 Å². The van der Waals surface area contributed by atoms with E-state index in [1.54, 1.807) is 0 Å². The van der Waals surface area contributed by atoms with Crippen molar-refractivity contribution in [2.75, 3.05) is 26.8 Å². The Balaban J connectivity index is 1.74. The number of nitrogens with zero attached hydrogens (tertiary/aromatic N) is 1. The first kappa shape index (κ1) is 14.8. The van der Waals surface area contributed by atoms with Gasteiger partial charge in [-0.2, -0.15) is 0 Å². The summed E-state index contributed by atoms with van der Waals surface area (Å²) in [5, 5.41) is 3.55. The van der Waals surface area contributed by atoms with E-state index >= 15 is 0 Å². The quantitative estimate of drug-likeness (QED) is 0.856. The van der Waals surface area contributed by atoms with Crippen molar-refractivity contribution in [2.45, 2.75) is 75.8 Å². The molecule has 2 aliphatic carbocycles. The second-order valence-corrected chi connectivity index (χ2v) is 6.58. The summed E-state index contributed by atoms with van der Waals surface area (Å²) in [4.78, 5) is 2.74. The molecule has 1 aliphatic heterocycles. The van der Waals surface area contributed by atoms with Crippen LogP contribution in [0.25, 0.3) is 0 Å². The Morgan fingerprint density at radius 1 is 1.15 bits per heavy atom. The zero-order valence-corrected chi connectivity index (χ0v) is 13.1. The fraction of sp³-hybridized carbons (Fsp3) is 1.00. The van der Waals surface area contributed by atoms with Gasteiger partial charge in [-0.25, -0.2) is 0 Å². The molecule has 1 saturated heterocycles. The predicted molar refractivity (Wildman–Crippen MR) is 79.8 cm³/mol. The summed E-state index contributed by atoms with van der Waals surface area (Å²) in [5.74, 6) is -0.274. The lowest BCUT2D eigenvalue weighted by atomic mass is 9.84. The van der Waals surface area contributed by atoms with Crippen LogP contribution in [0.2, 0.25) is 0 Å². The molecule has 4 heteroatoms. The van der Waals surface area contributed by atoms with Crippen LogP contribution in [0.15, 0.2) is 0 Å². The molecule has 116 valence electrons. The van der Waals surface area contributed by atoms with Gasteiger partial charge in [0.25, 0.3) is 0 Å². The summed E-state index contributed by atoms with van der Waals surface area (Å²) in [5.41, 5.74) is 0. The topological polar surface area (TPSA) is 33.7 Å². The molecule has 3 aliphatic rings. The van der Waals surface area contributed by atoms with E-state index in [1.807, 2.05) is 0 Å². The third-order valence-corrected chi connectivity index (χ3v) is 5.59. The van der Waals surface area contributed by atoms with Crippen molar-refractivity contribution >= 4 is 0 Å². The van der Waals surface area contributed by atoms with Crippen LogP contribution >= 0.6 is 0 Å². The molecule has 0 aromatic heterocycles. The van der Waals surface area contributed by atoms with Gasteiger partial charge in [0, 0.05) is 31.0 Å². The summed E-state index contributed by atoms with van der Waals surface area (Å²) < 4.78 is 12.0. The average Bonchev–Trinajstić information content (AvgIpc) is 3.13. The Hall–Kier alpha value is -0.160. The molecule has 4 nitrogen and oxygen atoms in total. The van der Waals surface area contributed by atoms with Gasteiger partial charge in [0.05, 0.1) is 13.2 Å². The van der Waals surface area contributed by atoms with Crippen molar-refractivity contribution in [3.05, 3.63) is 0 Å². The minimum atomic E-state index is -0.274. The van der Waals surface area contributed by atoms with Crippen LogP contribution in [0.1, 0.15) is 51.9 Å². The first-order valence-electron chi connectivity index (χ1n) is 8.49. The monoisotopic (exact) mass is 282 g/mol. The van der Waals surface area contributed by atoms with Crippen molar-refractivity contribution in [3.8, 4) is 0 Å². The fourth-order valence-corrected chi connectivity index (χ4v) is 4.57. The van der Waals surface area contributed by atoms with Gasteiger partial charge in [-0.1, -0.05) is 19.8 Å². The standard InChI is InChI=1S/C16H30N2O2/c1-3-18(13-6-4-5-7-13)15-12-16(19-10-11-20-16)9-8-14(15)17-2/h13-15,17H,3-12H2,1-2H3. The van der Waals surface area contributed by atoms with Crippen LogP contribution in [0.5, 0.6) is 0 Å². The van der Waals surface area contributed by atoms with Gasteiger partial charge in [0.15, 0.2) is 5.79 Å². The summed E-state index contributed by atoms with van der Waals surface area (Å²) in [7, 11) is 2.11. The average molecular weight is 282 g/mol. The molecule has 0 amide bonds. The molecule has 0 aromatic rings. The van der Waals surface area contributed by atoms with Crippen LogP contribution in [0.3, 0.4) is 0 Å². The highest BCUT2D eigenvalue weighted by atomic mass is 16.7. The second kappa shape index (κ2) is 6.30. The van der Waals surface area contributed by atoms with Crippen LogP contribution < -0.4 is 5.32 Å². The van der Waals surface area contributed by atoms with Crippen LogP contribution in [0.4, 0.5) is 0 Å². The highest BCUT2D eigenvalue weighted by Gasteiger charge is 2.47. The maximum absolute atomic E-state index is 5.99. The second-order valence-electron chi connectivity index (χ2n) is 6.58. The number of ether oxygens (including phenoxy) is 2. The highest BCUT2D eigenvalue weighted by molar-refractivity contribution is 4.98. The lowest BCUT2D eigenvalue weighted by molar-refractivity contribution is -0.194. The largest absolute Gasteiger partial charge is 0.347 e. The lowest BCUT2D eigenvalue weighted by Crippen LogP contribution is -2.59. The van der Waals surface area contributed by atoms with Crippen molar-refractivity contribution in [3.63, 3.8) is 0 Å². The van der Waals surface area contributed by atoms with Gasteiger partial charge < -0.3 is 14.8 Å². The number of rotatable bonds is 4. The first-order chi connectivity index (χ1) is 9.78. The molecule has 20 heavy (non-hydrogen) atoms. The summed E-state index contributed by atoms with van der Waals surface area (Å²) in [6, 6.07) is 1.91. The molecule has 1 heterocycles. The molecular formula is C16H30N2O2. The Morgan fingerprint density at radius 2 is 1.85 bits per heavy atom. The van der Waals surface area contributed by atoms with E-state index in [0.717, 1.165) is 45.1 Å². The minimum Gasteiger partial charge on any atom is -0.347 e. The van der Waals surface area contributed by atoms with E-state index in [9.17, 15) is 0 Å². The molecule has 0 bridgehead atoms. The van der Waals surface area contributed by atoms with E-state index in [-0.39, 0.29) is 5.79 Å². The lowest BCUT2D eigenvalue weighted by Gasteiger charge is -2.47. The Bertz CT molecular complexity index is 312. The van der Waals surface area contributed by atoms with Crippen molar-refractivity contribution in [1.82, 2.24) is 10.2 Å². The molecule has 1 spiro atoms. The van der Waals surface area contributed by atoms with Crippen LogP contribution in [-0.2, 0) is 9.47 Å². The zero-order valence-electron chi connectivity index (χ0n) is 13.1. The van der Waals surface area contributed by atoms with Gasteiger partial charge >= 0.3 is 0 Å². The van der Waals surface area contributed by atoms with E-state index < -0.39 is 0 Å². The first-order valence-corrected chi connectivity index (χ1v) is 8.49. The molecule has 0 aromatic carbocycles. The van der Waals surface area contributed by atoms with Gasteiger partial charge in [-0.05, 0) is 32.9 Å². The number of hydrogen-bond acceptors (Lipinski definition) is 4. The van der Waals surface area contributed by atoms with Crippen LogP contribution in [0, 0.1) is 0 Å². The maximum atomic E-state index is 5.99. The van der Waals surface area contributed by atoms with Gasteiger partial charge in [0.2, 0.25) is 0 Å². The normalized spacial score (nSPS) is 34.4. The van der Waals surface area contributed by atoms with Gasteiger partial charge in [-0.3, -0.25) is 4.90 Å². The summed E-state index contributed by atoms with van der Waals surface area (Å²) in [6.45, 7) is 4.99.